The van der Waals surface area contributed by atoms with Gasteiger partial charge in [0.05, 0.1) is 5.56 Å². The maximum atomic E-state index is 13.1. The highest BCUT2D eigenvalue weighted by molar-refractivity contribution is 6.01. The molecule has 2 fully saturated rings. The molecule has 0 aliphatic carbocycles. The molecule has 0 bridgehead atoms. The molecule has 3 heterocycles. The summed E-state index contributed by atoms with van der Waals surface area (Å²) < 4.78 is 0. The predicted molar refractivity (Wildman–Crippen MR) is 109 cm³/mol. The van der Waals surface area contributed by atoms with E-state index in [2.05, 4.69) is 9.88 Å². The summed E-state index contributed by atoms with van der Waals surface area (Å²) >= 11 is 0. The van der Waals surface area contributed by atoms with Crippen molar-refractivity contribution >= 4 is 17.6 Å². The first-order valence-corrected chi connectivity index (χ1v) is 10.0. The van der Waals surface area contributed by atoms with Gasteiger partial charge in [0.2, 0.25) is 5.91 Å². The zero-order valence-corrected chi connectivity index (χ0v) is 16.0. The van der Waals surface area contributed by atoms with Gasteiger partial charge < -0.3 is 15.5 Å². The lowest BCUT2D eigenvalue weighted by atomic mass is 9.95. The van der Waals surface area contributed by atoms with Crippen LogP contribution in [0.2, 0.25) is 0 Å². The molecule has 0 radical (unpaired) electrons. The van der Waals surface area contributed by atoms with Gasteiger partial charge >= 0.3 is 0 Å². The Hall–Kier alpha value is -2.89. The van der Waals surface area contributed by atoms with Crippen LogP contribution >= 0.6 is 0 Å². The van der Waals surface area contributed by atoms with E-state index in [1.54, 1.807) is 6.20 Å². The van der Waals surface area contributed by atoms with Crippen LogP contribution in [0.15, 0.2) is 42.6 Å². The summed E-state index contributed by atoms with van der Waals surface area (Å²) in [5.41, 5.74) is 8.04. The van der Waals surface area contributed by atoms with E-state index in [0.717, 1.165) is 68.8 Å². The minimum Gasteiger partial charge on any atom is -0.369 e. The second-order valence-electron chi connectivity index (χ2n) is 7.62. The fourth-order valence-corrected chi connectivity index (χ4v) is 4.13. The van der Waals surface area contributed by atoms with Gasteiger partial charge in [-0.25, -0.2) is 4.98 Å². The fourth-order valence-electron chi connectivity index (χ4n) is 4.13. The minimum atomic E-state index is -0.218. The van der Waals surface area contributed by atoms with Crippen molar-refractivity contribution in [2.45, 2.75) is 25.7 Å². The molecule has 0 saturated carbocycles. The van der Waals surface area contributed by atoms with Crippen molar-refractivity contribution in [2.75, 3.05) is 31.1 Å². The number of carbonyl (C=O) groups excluding carboxylic acids is 2. The molecule has 0 atom stereocenters. The summed E-state index contributed by atoms with van der Waals surface area (Å²) in [5, 5.41) is 0. The number of anilines is 1. The number of likely N-dealkylation sites (tertiary alicyclic amines) is 1. The smallest absolute Gasteiger partial charge is 0.256 e. The summed E-state index contributed by atoms with van der Waals surface area (Å²) in [6.07, 6.45) is 5.33. The van der Waals surface area contributed by atoms with Crippen LogP contribution in [0.1, 0.15) is 36.0 Å². The number of rotatable bonds is 4. The molecular weight excluding hydrogens is 352 g/mol. The van der Waals surface area contributed by atoms with Crippen LogP contribution in [0.4, 0.5) is 5.82 Å². The van der Waals surface area contributed by atoms with E-state index in [0.29, 0.717) is 5.56 Å². The molecular formula is C22H26N4O2. The largest absolute Gasteiger partial charge is 0.369 e. The zero-order valence-electron chi connectivity index (χ0n) is 16.0. The molecule has 6 heteroatoms. The Bertz CT molecular complexity index is 854. The van der Waals surface area contributed by atoms with Gasteiger partial charge in [-0.1, -0.05) is 30.3 Å². The molecule has 2 saturated heterocycles. The maximum absolute atomic E-state index is 13.1. The summed E-state index contributed by atoms with van der Waals surface area (Å²) in [5.74, 6) is 0.632. The number of primary amides is 1. The first-order valence-electron chi connectivity index (χ1n) is 10.0. The van der Waals surface area contributed by atoms with Crippen LogP contribution in [0.25, 0.3) is 11.1 Å². The second-order valence-corrected chi connectivity index (χ2v) is 7.62. The van der Waals surface area contributed by atoms with Crippen LogP contribution < -0.4 is 10.6 Å². The molecule has 1 aromatic heterocycles. The summed E-state index contributed by atoms with van der Waals surface area (Å²) in [7, 11) is 0. The van der Waals surface area contributed by atoms with Crippen LogP contribution in [0.5, 0.6) is 0 Å². The number of pyridine rings is 1. The normalized spacial score (nSPS) is 17.7. The van der Waals surface area contributed by atoms with Gasteiger partial charge in [0, 0.05) is 38.3 Å². The molecule has 2 N–H and O–H groups in total. The lowest BCUT2D eigenvalue weighted by Crippen LogP contribution is -2.39. The van der Waals surface area contributed by atoms with E-state index in [4.69, 9.17) is 5.73 Å². The predicted octanol–water partition coefficient (Wildman–Crippen LogP) is 2.69. The van der Waals surface area contributed by atoms with E-state index in [-0.39, 0.29) is 17.7 Å². The molecule has 4 rings (SSSR count). The van der Waals surface area contributed by atoms with Crippen LogP contribution in [-0.4, -0.2) is 47.9 Å². The molecule has 2 aliphatic rings. The average molecular weight is 378 g/mol. The second kappa shape index (κ2) is 8.00. The zero-order chi connectivity index (χ0) is 19.5. The molecule has 0 spiro atoms. The maximum Gasteiger partial charge on any atom is 0.256 e. The molecule has 2 aliphatic heterocycles. The topological polar surface area (TPSA) is 79.5 Å². The highest BCUT2D eigenvalue weighted by Gasteiger charge is 2.26. The number of benzene rings is 1. The minimum absolute atomic E-state index is 0.0548. The third-order valence-electron chi connectivity index (χ3n) is 5.82. The Balaban J connectivity index is 1.65. The number of hydrogen-bond acceptors (Lipinski definition) is 4. The first-order chi connectivity index (χ1) is 13.6. The molecule has 28 heavy (non-hydrogen) atoms. The van der Waals surface area contributed by atoms with Gasteiger partial charge in [-0.15, -0.1) is 0 Å². The van der Waals surface area contributed by atoms with Gasteiger partial charge in [0.15, 0.2) is 0 Å². The monoisotopic (exact) mass is 378 g/mol. The van der Waals surface area contributed by atoms with Crippen molar-refractivity contribution < 1.29 is 9.59 Å². The van der Waals surface area contributed by atoms with E-state index in [1.165, 1.54) is 0 Å². The lowest BCUT2D eigenvalue weighted by Gasteiger charge is -2.32. The Labute approximate surface area is 165 Å². The van der Waals surface area contributed by atoms with E-state index in [1.807, 2.05) is 41.3 Å². The van der Waals surface area contributed by atoms with Gasteiger partial charge in [0.25, 0.3) is 5.91 Å². The molecule has 1 aromatic carbocycles. The Morgan fingerprint density at radius 3 is 2.32 bits per heavy atom. The van der Waals surface area contributed by atoms with Crippen molar-refractivity contribution in [2.24, 2.45) is 11.7 Å². The summed E-state index contributed by atoms with van der Waals surface area (Å²) in [6, 6.07) is 12.0. The van der Waals surface area contributed by atoms with Crippen molar-refractivity contribution in [3.8, 4) is 11.1 Å². The van der Waals surface area contributed by atoms with Crippen LogP contribution in [-0.2, 0) is 4.79 Å². The lowest BCUT2D eigenvalue weighted by molar-refractivity contribution is -0.122. The summed E-state index contributed by atoms with van der Waals surface area (Å²) in [6.45, 7) is 3.12. The Kier molecular flexibility index (Phi) is 5.28. The van der Waals surface area contributed by atoms with Gasteiger partial charge in [-0.3, -0.25) is 9.59 Å². The van der Waals surface area contributed by atoms with E-state index in [9.17, 15) is 9.59 Å². The van der Waals surface area contributed by atoms with E-state index < -0.39 is 0 Å². The van der Waals surface area contributed by atoms with Crippen LogP contribution in [0, 0.1) is 5.92 Å². The third-order valence-corrected chi connectivity index (χ3v) is 5.82. The number of nitrogens with zero attached hydrogens (tertiary/aromatic N) is 3. The summed E-state index contributed by atoms with van der Waals surface area (Å²) in [4.78, 5) is 33.2. The Morgan fingerprint density at radius 2 is 1.68 bits per heavy atom. The van der Waals surface area contributed by atoms with Crippen molar-refractivity contribution in [3.63, 3.8) is 0 Å². The number of hydrogen-bond donors (Lipinski definition) is 1. The van der Waals surface area contributed by atoms with Gasteiger partial charge in [0.1, 0.15) is 5.82 Å². The molecule has 6 nitrogen and oxygen atoms in total. The Morgan fingerprint density at radius 1 is 1.00 bits per heavy atom. The number of nitrogens with two attached hydrogens (primary N) is 1. The van der Waals surface area contributed by atoms with Gasteiger partial charge in [-0.05, 0) is 42.9 Å². The number of aromatic nitrogens is 1. The molecule has 146 valence electrons. The molecule has 0 unspecified atom stereocenters. The number of piperidine rings is 1. The SMILES string of the molecule is NC(=O)C1CCN(c2cc(-c3ccccc3)c(C(=O)N3CCCC3)cn2)CC1. The number of carbonyl (C=O) groups is 2. The van der Waals surface area contributed by atoms with Gasteiger partial charge in [-0.2, -0.15) is 0 Å². The standard InChI is InChI=1S/C22H26N4O2/c23-21(27)17-8-12-25(13-9-17)20-14-18(16-6-2-1-3-7-16)19(15-24-20)22(28)26-10-4-5-11-26/h1-3,6-7,14-15,17H,4-5,8-13H2,(H2,23,27). The third kappa shape index (κ3) is 3.72. The van der Waals surface area contributed by atoms with Crippen molar-refractivity contribution in [1.29, 1.82) is 0 Å². The van der Waals surface area contributed by atoms with Crippen molar-refractivity contribution in [3.05, 3.63) is 48.2 Å². The van der Waals surface area contributed by atoms with Crippen molar-refractivity contribution in [1.82, 2.24) is 9.88 Å². The molecule has 2 amide bonds. The quantitative estimate of drug-likeness (QED) is 0.887. The highest BCUT2D eigenvalue weighted by atomic mass is 16.2. The first kappa shape index (κ1) is 18.5. The van der Waals surface area contributed by atoms with Crippen LogP contribution in [0.3, 0.4) is 0 Å². The average Bonchev–Trinajstić information content (AvgIpc) is 3.28. The fraction of sp³-hybridized carbons (Fsp3) is 0.409. The highest BCUT2D eigenvalue weighted by Crippen LogP contribution is 2.30. The number of amides is 2. The van der Waals surface area contributed by atoms with E-state index >= 15 is 0 Å². The molecule has 2 aromatic rings.